The van der Waals surface area contributed by atoms with E-state index in [9.17, 15) is 4.39 Å². The van der Waals surface area contributed by atoms with Crippen LogP contribution < -0.4 is 5.73 Å². The molecular weight excluding hydrogens is 233 g/mol. The molecule has 0 bridgehead atoms. The van der Waals surface area contributed by atoms with Crippen molar-refractivity contribution >= 4 is 11.3 Å². The molecule has 0 spiro atoms. The lowest BCUT2D eigenvalue weighted by atomic mass is 10.00. The number of hydrogen-bond donors (Lipinski definition) is 1. The van der Waals surface area contributed by atoms with Crippen LogP contribution in [0, 0.1) is 12.7 Å². The summed E-state index contributed by atoms with van der Waals surface area (Å²) in [6, 6.07) is 9.30. The minimum absolute atomic E-state index is 0.161. The van der Waals surface area contributed by atoms with Gasteiger partial charge in [0.15, 0.2) is 0 Å². The van der Waals surface area contributed by atoms with Gasteiger partial charge in [-0.15, -0.1) is 11.3 Å². The summed E-state index contributed by atoms with van der Waals surface area (Å²) < 4.78 is 13.8. The highest BCUT2D eigenvalue weighted by atomic mass is 32.1. The number of hydrogen-bond acceptors (Lipinski definition) is 2. The summed E-state index contributed by atoms with van der Waals surface area (Å²) in [5.74, 6) is -0.161. The van der Waals surface area contributed by atoms with Gasteiger partial charge in [0.2, 0.25) is 0 Å². The van der Waals surface area contributed by atoms with Crippen molar-refractivity contribution in [3.63, 3.8) is 0 Å². The maximum Gasteiger partial charge on any atom is 0.130 e. The van der Waals surface area contributed by atoms with Crippen LogP contribution in [0.15, 0.2) is 35.7 Å². The Morgan fingerprint density at radius 1 is 1.29 bits per heavy atom. The highest BCUT2D eigenvalue weighted by molar-refractivity contribution is 7.09. The SMILES string of the molecule is Cc1cccc(C(N)CCc2cccs2)c1F. The first-order chi connectivity index (χ1) is 8.18. The van der Waals surface area contributed by atoms with Crippen LogP contribution >= 0.6 is 11.3 Å². The van der Waals surface area contributed by atoms with E-state index in [-0.39, 0.29) is 11.9 Å². The minimum atomic E-state index is -0.225. The molecule has 0 aliphatic heterocycles. The van der Waals surface area contributed by atoms with Gasteiger partial charge in [-0.1, -0.05) is 24.3 Å². The zero-order chi connectivity index (χ0) is 12.3. The average Bonchev–Trinajstić information content (AvgIpc) is 2.82. The van der Waals surface area contributed by atoms with E-state index in [2.05, 4.69) is 6.07 Å². The number of benzene rings is 1. The molecule has 17 heavy (non-hydrogen) atoms. The molecule has 2 aromatic rings. The normalized spacial score (nSPS) is 12.6. The molecule has 0 amide bonds. The Morgan fingerprint density at radius 2 is 2.12 bits per heavy atom. The van der Waals surface area contributed by atoms with Crippen LogP contribution in [0.3, 0.4) is 0 Å². The van der Waals surface area contributed by atoms with Crippen molar-refractivity contribution in [3.05, 3.63) is 57.5 Å². The highest BCUT2D eigenvalue weighted by Gasteiger charge is 2.12. The molecule has 2 N–H and O–H groups in total. The lowest BCUT2D eigenvalue weighted by Gasteiger charge is -2.13. The third kappa shape index (κ3) is 2.93. The molecule has 0 saturated carbocycles. The Hall–Kier alpha value is -1.19. The van der Waals surface area contributed by atoms with E-state index in [1.165, 1.54) is 4.88 Å². The highest BCUT2D eigenvalue weighted by Crippen LogP contribution is 2.22. The van der Waals surface area contributed by atoms with Crippen LogP contribution in [0.2, 0.25) is 0 Å². The van der Waals surface area contributed by atoms with Crippen LogP contribution in [0.5, 0.6) is 0 Å². The summed E-state index contributed by atoms with van der Waals surface area (Å²) in [4.78, 5) is 1.30. The Balaban J connectivity index is 2.04. The first-order valence-corrected chi connectivity index (χ1v) is 6.59. The second-order valence-corrected chi connectivity index (χ2v) is 5.23. The van der Waals surface area contributed by atoms with Crippen molar-refractivity contribution in [2.45, 2.75) is 25.8 Å². The van der Waals surface area contributed by atoms with Crippen LogP contribution in [-0.4, -0.2) is 0 Å². The molecule has 0 radical (unpaired) electrons. The van der Waals surface area contributed by atoms with Crippen molar-refractivity contribution in [2.75, 3.05) is 0 Å². The van der Waals surface area contributed by atoms with E-state index in [4.69, 9.17) is 5.73 Å². The molecule has 1 nitrogen and oxygen atoms in total. The standard InChI is InChI=1S/C14H16FNS/c1-10-4-2-6-12(14(10)15)13(16)8-7-11-5-3-9-17-11/h2-6,9,13H,7-8,16H2,1H3. The van der Waals surface area contributed by atoms with Crippen LogP contribution in [0.1, 0.15) is 28.5 Å². The minimum Gasteiger partial charge on any atom is -0.324 e. The van der Waals surface area contributed by atoms with E-state index in [1.807, 2.05) is 17.5 Å². The Kier molecular flexibility index (Phi) is 3.92. The van der Waals surface area contributed by atoms with E-state index >= 15 is 0 Å². The van der Waals surface area contributed by atoms with Crippen molar-refractivity contribution in [3.8, 4) is 0 Å². The van der Waals surface area contributed by atoms with E-state index in [0.29, 0.717) is 11.1 Å². The smallest absolute Gasteiger partial charge is 0.130 e. The number of aryl methyl sites for hydroxylation is 2. The zero-order valence-corrected chi connectivity index (χ0v) is 10.6. The molecule has 0 aliphatic carbocycles. The summed E-state index contributed by atoms with van der Waals surface area (Å²) in [5, 5.41) is 2.05. The lowest BCUT2D eigenvalue weighted by Crippen LogP contribution is -2.13. The molecule has 3 heteroatoms. The maximum absolute atomic E-state index is 13.8. The fourth-order valence-corrected chi connectivity index (χ4v) is 2.59. The summed E-state index contributed by atoms with van der Waals surface area (Å²) >= 11 is 1.72. The van der Waals surface area contributed by atoms with Gasteiger partial charge < -0.3 is 5.73 Å². The predicted molar refractivity (Wildman–Crippen MR) is 70.7 cm³/mol. The first-order valence-electron chi connectivity index (χ1n) is 5.71. The van der Waals surface area contributed by atoms with E-state index in [1.54, 1.807) is 30.4 Å². The zero-order valence-electron chi connectivity index (χ0n) is 9.82. The fraction of sp³-hybridized carbons (Fsp3) is 0.286. The second kappa shape index (κ2) is 5.43. The van der Waals surface area contributed by atoms with Crippen molar-refractivity contribution in [2.24, 2.45) is 5.73 Å². The van der Waals surface area contributed by atoms with Gasteiger partial charge in [-0.25, -0.2) is 4.39 Å². The average molecular weight is 249 g/mol. The summed E-state index contributed by atoms with van der Waals surface area (Å²) in [7, 11) is 0. The molecule has 1 aromatic carbocycles. The molecule has 1 atom stereocenters. The number of rotatable bonds is 4. The monoisotopic (exact) mass is 249 g/mol. The molecule has 1 unspecified atom stereocenters. The van der Waals surface area contributed by atoms with Crippen LogP contribution in [0.4, 0.5) is 4.39 Å². The van der Waals surface area contributed by atoms with Crippen LogP contribution in [0.25, 0.3) is 0 Å². The van der Waals surface area contributed by atoms with E-state index in [0.717, 1.165) is 12.8 Å². The Labute approximate surface area is 105 Å². The van der Waals surface area contributed by atoms with Gasteiger partial charge in [-0.3, -0.25) is 0 Å². The number of thiophene rings is 1. The molecule has 2 rings (SSSR count). The van der Waals surface area contributed by atoms with Crippen molar-refractivity contribution in [1.82, 2.24) is 0 Å². The largest absolute Gasteiger partial charge is 0.324 e. The summed E-state index contributed by atoms with van der Waals surface area (Å²) in [5.41, 5.74) is 7.33. The Morgan fingerprint density at radius 3 is 2.82 bits per heavy atom. The number of halogens is 1. The number of nitrogens with two attached hydrogens (primary N) is 1. The van der Waals surface area contributed by atoms with Crippen molar-refractivity contribution < 1.29 is 4.39 Å². The molecule has 1 aromatic heterocycles. The van der Waals surface area contributed by atoms with Gasteiger partial charge >= 0.3 is 0 Å². The lowest BCUT2D eigenvalue weighted by molar-refractivity contribution is 0.559. The second-order valence-electron chi connectivity index (χ2n) is 4.20. The van der Waals surface area contributed by atoms with Gasteiger partial charge in [-0.05, 0) is 36.8 Å². The predicted octanol–water partition coefficient (Wildman–Crippen LogP) is 3.83. The quantitative estimate of drug-likeness (QED) is 0.875. The van der Waals surface area contributed by atoms with Crippen molar-refractivity contribution in [1.29, 1.82) is 0 Å². The molecular formula is C14H16FNS. The molecule has 0 saturated heterocycles. The molecule has 90 valence electrons. The molecule has 0 fully saturated rings. The summed E-state index contributed by atoms with van der Waals surface area (Å²) in [6.07, 6.45) is 1.69. The van der Waals surface area contributed by atoms with Gasteiger partial charge in [0.05, 0.1) is 0 Å². The first kappa shape index (κ1) is 12.3. The maximum atomic E-state index is 13.8. The fourth-order valence-electron chi connectivity index (χ4n) is 1.86. The topological polar surface area (TPSA) is 26.0 Å². The Bertz CT molecular complexity index is 479. The van der Waals surface area contributed by atoms with Crippen LogP contribution in [-0.2, 0) is 6.42 Å². The third-order valence-corrected chi connectivity index (χ3v) is 3.84. The summed E-state index contributed by atoms with van der Waals surface area (Å²) in [6.45, 7) is 1.77. The van der Waals surface area contributed by atoms with Gasteiger partial charge in [0.25, 0.3) is 0 Å². The van der Waals surface area contributed by atoms with Gasteiger partial charge in [-0.2, -0.15) is 0 Å². The van der Waals surface area contributed by atoms with Gasteiger partial charge in [0.1, 0.15) is 5.82 Å². The van der Waals surface area contributed by atoms with E-state index < -0.39 is 0 Å². The third-order valence-electron chi connectivity index (χ3n) is 2.90. The molecule has 0 aliphatic rings. The van der Waals surface area contributed by atoms with Gasteiger partial charge in [0, 0.05) is 16.5 Å². The molecule has 1 heterocycles.